The molecule has 3 atom stereocenters. The van der Waals surface area contributed by atoms with E-state index in [9.17, 15) is 14.4 Å². The molecule has 2 heterocycles. The summed E-state index contributed by atoms with van der Waals surface area (Å²) in [6.45, 7) is 12.7. The zero-order chi connectivity index (χ0) is 21.7. The van der Waals surface area contributed by atoms with E-state index in [1.807, 2.05) is 6.92 Å². The Bertz CT molecular complexity index is 1010. The number of oxazole rings is 1. The monoisotopic (exact) mass is 418 g/mol. The number of β-lactam (4-membered cyclic amide) rings is 1. The van der Waals surface area contributed by atoms with Gasteiger partial charge in [0.05, 0.1) is 23.6 Å². The minimum atomic E-state index is -2.02. The molecule has 7 nitrogen and oxygen atoms in total. The van der Waals surface area contributed by atoms with Gasteiger partial charge in [-0.25, -0.2) is 4.79 Å². The van der Waals surface area contributed by atoms with Gasteiger partial charge in [-0.2, -0.15) is 0 Å². The lowest BCUT2D eigenvalue weighted by Crippen LogP contribution is -2.64. The van der Waals surface area contributed by atoms with E-state index in [0.717, 1.165) is 0 Å². The Labute approximate surface area is 171 Å². The van der Waals surface area contributed by atoms with Crippen LogP contribution in [0.1, 0.15) is 44.5 Å². The third kappa shape index (κ3) is 3.96. The summed E-state index contributed by atoms with van der Waals surface area (Å²) in [6, 6.07) is 4.72. The SMILES string of the molecule is CC(O[Si](C)(C)C(C)(C)C)C1C(=O)NC1CC(=O)c1ccc2c(c1)oc(=O)n2C. The molecule has 1 N–H and O–H groups in total. The summed E-state index contributed by atoms with van der Waals surface area (Å²) in [7, 11) is -0.400. The normalized spacial score (nSPS) is 21.0. The molecule has 8 heteroatoms. The van der Waals surface area contributed by atoms with Crippen molar-refractivity contribution in [1.29, 1.82) is 0 Å². The molecule has 0 saturated carbocycles. The number of hydrogen-bond donors (Lipinski definition) is 1. The van der Waals surface area contributed by atoms with E-state index < -0.39 is 14.1 Å². The average molecular weight is 419 g/mol. The second kappa shape index (κ2) is 7.25. The van der Waals surface area contributed by atoms with Gasteiger partial charge in [0, 0.05) is 19.0 Å². The summed E-state index contributed by atoms with van der Waals surface area (Å²) >= 11 is 0. The van der Waals surface area contributed by atoms with Gasteiger partial charge < -0.3 is 14.2 Å². The zero-order valence-electron chi connectivity index (χ0n) is 18.2. The van der Waals surface area contributed by atoms with Crippen molar-refractivity contribution in [2.75, 3.05) is 0 Å². The molecule has 1 amide bonds. The Kier molecular flexibility index (Phi) is 5.38. The molecular formula is C21H30N2O5Si. The lowest BCUT2D eigenvalue weighted by Gasteiger charge is -2.45. The first-order valence-corrected chi connectivity index (χ1v) is 12.8. The minimum absolute atomic E-state index is 0.0435. The summed E-state index contributed by atoms with van der Waals surface area (Å²) in [5.41, 5.74) is 1.48. The molecule has 0 spiro atoms. The molecule has 2 aromatic rings. The van der Waals surface area contributed by atoms with Crippen LogP contribution in [0.3, 0.4) is 0 Å². The summed E-state index contributed by atoms with van der Waals surface area (Å²) in [5.74, 6) is -0.981. The number of carbonyl (C=O) groups excluding carboxylic acids is 2. The zero-order valence-corrected chi connectivity index (χ0v) is 19.2. The number of ketones is 1. The van der Waals surface area contributed by atoms with Gasteiger partial charge in [-0.1, -0.05) is 20.8 Å². The quantitative estimate of drug-likeness (QED) is 0.442. The smallest absolute Gasteiger partial charge is 0.413 e. The largest absolute Gasteiger partial charge is 0.419 e. The number of fused-ring (bicyclic) bond motifs is 1. The molecule has 1 aromatic heterocycles. The number of rotatable bonds is 6. The standard InChI is InChI=1S/C21H30N2O5Si/c1-12(28-29(6,7)21(2,3)4)18-14(22-19(18)25)11-16(24)13-8-9-15-17(10-13)27-20(26)23(15)5/h8-10,12,14,18H,11H2,1-7H3,(H,22,25). The van der Waals surface area contributed by atoms with Crippen LogP contribution in [0.5, 0.6) is 0 Å². The number of benzene rings is 1. The highest BCUT2D eigenvalue weighted by Gasteiger charge is 2.47. The van der Waals surface area contributed by atoms with Crippen molar-refractivity contribution in [1.82, 2.24) is 9.88 Å². The number of carbonyl (C=O) groups is 2. The van der Waals surface area contributed by atoms with E-state index in [1.165, 1.54) is 4.57 Å². The number of nitrogens with one attached hydrogen (secondary N) is 1. The number of Topliss-reactive ketones (excluding diaryl/α,β-unsaturated/α-hetero) is 1. The van der Waals surface area contributed by atoms with Crippen molar-refractivity contribution >= 4 is 31.1 Å². The van der Waals surface area contributed by atoms with E-state index >= 15 is 0 Å². The molecule has 1 aliphatic rings. The second-order valence-electron chi connectivity index (χ2n) is 9.46. The maximum Gasteiger partial charge on any atom is 0.419 e. The van der Waals surface area contributed by atoms with E-state index in [0.29, 0.717) is 16.7 Å². The fraction of sp³-hybridized carbons (Fsp3) is 0.571. The van der Waals surface area contributed by atoms with Crippen molar-refractivity contribution in [3.8, 4) is 0 Å². The molecule has 3 rings (SSSR count). The van der Waals surface area contributed by atoms with Crippen molar-refractivity contribution in [2.24, 2.45) is 13.0 Å². The van der Waals surface area contributed by atoms with Crippen LogP contribution in [-0.2, 0) is 16.3 Å². The number of amides is 1. The molecule has 1 aliphatic heterocycles. The van der Waals surface area contributed by atoms with Crippen LogP contribution in [0.15, 0.2) is 27.4 Å². The van der Waals surface area contributed by atoms with Gasteiger partial charge >= 0.3 is 5.76 Å². The Morgan fingerprint density at radius 1 is 1.31 bits per heavy atom. The van der Waals surface area contributed by atoms with Crippen LogP contribution in [0.2, 0.25) is 18.1 Å². The Morgan fingerprint density at radius 2 is 1.97 bits per heavy atom. The van der Waals surface area contributed by atoms with E-state index in [2.05, 4.69) is 39.2 Å². The summed E-state index contributed by atoms with van der Waals surface area (Å²) < 4.78 is 12.9. The molecule has 1 aromatic carbocycles. The van der Waals surface area contributed by atoms with Gasteiger partial charge in [0.15, 0.2) is 19.7 Å². The molecule has 0 aliphatic carbocycles. The van der Waals surface area contributed by atoms with Crippen molar-refractivity contribution in [2.45, 2.75) is 64.4 Å². The molecule has 29 heavy (non-hydrogen) atoms. The molecule has 1 fully saturated rings. The highest BCUT2D eigenvalue weighted by molar-refractivity contribution is 6.74. The maximum absolute atomic E-state index is 12.8. The number of hydrogen-bond acceptors (Lipinski definition) is 5. The van der Waals surface area contributed by atoms with E-state index in [1.54, 1.807) is 25.2 Å². The van der Waals surface area contributed by atoms with Gasteiger partial charge in [-0.3, -0.25) is 14.2 Å². The van der Waals surface area contributed by atoms with E-state index in [4.69, 9.17) is 8.84 Å². The van der Waals surface area contributed by atoms with Crippen LogP contribution in [0.25, 0.3) is 11.1 Å². The third-order valence-electron chi connectivity index (χ3n) is 6.38. The van der Waals surface area contributed by atoms with Gasteiger partial charge in [0.25, 0.3) is 0 Å². The maximum atomic E-state index is 12.8. The van der Waals surface area contributed by atoms with Crippen molar-refractivity contribution in [3.63, 3.8) is 0 Å². The fourth-order valence-corrected chi connectivity index (χ4v) is 4.94. The first-order chi connectivity index (χ1) is 13.3. The summed E-state index contributed by atoms with van der Waals surface area (Å²) in [5, 5.41) is 2.89. The molecule has 0 radical (unpaired) electrons. The van der Waals surface area contributed by atoms with Crippen LogP contribution >= 0.6 is 0 Å². The molecule has 1 saturated heterocycles. The molecular weight excluding hydrogens is 388 g/mol. The lowest BCUT2D eigenvalue weighted by molar-refractivity contribution is -0.139. The van der Waals surface area contributed by atoms with Gasteiger partial charge in [-0.05, 0) is 43.3 Å². The van der Waals surface area contributed by atoms with Crippen LogP contribution in [-0.4, -0.2) is 36.7 Å². The Balaban J connectivity index is 1.72. The molecule has 158 valence electrons. The molecule has 0 bridgehead atoms. The van der Waals surface area contributed by atoms with Gasteiger partial charge in [0.2, 0.25) is 5.91 Å². The highest BCUT2D eigenvalue weighted by atomic mass is 28.4. The van der Waals surface area contributed by atoms with Crippen LogP contribution in [0, 0.1) is 5.92 Å². The first-order valence-electron chi connectivity index (χ1n) is 9.93. The van der Waals surface area contributed by atoms with Gasteiger partial charge in [-0.15, -0.1) is 0 Å². The molecule has 3 unspecified atom stereocenters. The summed E-state index contributed by atoms with van der Waals surface area (Å²) in [6.07, 6.45) is -0.0680. The predicted octanol–water partition coefficient (Wildman–Crippen LogP) is 3.23. The number of aryl methyl sites for hydroxylation is 1. The Morgan fingerprint density at radius 3 is 2.55 bits per heavy atom. The fourth-order valence-electron chi connectivity index (χ4n) is 3.51. The van der Waals surface area contributed by atoms with Crippen LogP contribution in [0.4, 0.5) is 0 Å². The average Bonchev–Trinajstić information content (AvgIpc) is 2.86. The van der Waals surface area contributed by atoms with E-state index in [-0.39, 0.29) is 41.2 Å². The lowest BCUT2D eigenvalue weighted by atomic mass is 9.82. The highest BCUT2D eigenvalue weighted by Crippen LogP contribution is 2.39. The first kappa shape index (κ1) is 21.5. The number of aromatic nitrogens is 1. The second-order valence-corrected chi connectivity index (χ2v) is 14.2. The van der Waals surface area contributed by atoms with Crippen molar-refractivity contribution in [3.05, 3.63) is 34.3 Å². The Hall–Kier alpha value is -2.19. The summed E-state index contributed by atoms with van der Waals surface area (Å²) in [4.78, 5) is 36.6. The topological polar surface area (TPSA) is 90.5 Å². The predicted molar refractivity (Wildman–Crippen MR) is 114 cm³/mol. The van der Waals surface area contributed by atoms with Crippen molar-refractivity contribution < 1.29 is 18.4 Å². The van der Waals surface area contributed by atoms with Crippen LogP contribution < -0.4 is 11.1 Å². The number of nitrogens with zero attached hydrogens (tertiary/aromatic N) is 1. The third-order valence-corrected chi connectivity index (χ3v) is 10.9. The minimum Gasteiger partial charge on any atom is -0.413 e. The van der Waals surface area contributed by atoms with Gasteiger partial charge in [0.1, 0.15) is 0 Å².